The lowest BCUT2D eigenvalue weighted by Gasteiger charge is -2.13. The zero-order chi connectivity index (χ0) is 23.0. The summed E-state index contributed by atoms with van der Waals surface area (Å²) >= 11 is 0. The molecule has 0 N–H and O–H groups in total. The molecule has 0 aliphatic heterocycles. The predicted octanol–water partition coefficient (Wildman–Crippen LogP) is 6.61. The first-order chi connectivity index (χ1) is 16.2. The largest absolute Gasteiger partial charge is 0.497 e. The number of hydrogen-bond donors (Lipinski definition) is 0. The number of ether oxygens (including phenoxy) is 3. The molecule has 0 spiro atoms. The molecule has 1 atom stereocenters. The summed E-state index contributed by atoms with van der Waals surface area (Å²) in [6.45, 7) is 6.33. The zero-order valence-electron chi connectivity index (χ0n) is 19.7. The van der Waals surface area contributed by atoms with E-state index in [-0.39, 0.29) is 0 Å². The third kappa shape index (κ3) is 5.67. The standard InChI is InChI=1S/C28H32N2O3/c1-4-21(2)22-10-12-24(13-11-22)32-19-7-18-30-27-9-6-5-8-26(27)29-28(30)20-33-25-16-14-23(31-3)15-17-25/h5-6,8-17,21H,4,7,18-20H2,1-3H3. The Labute approximate surface area is 195 Å². The molecule has 1 unspecified atom stereocenters. The first-order valence-electron chi connectivity index (χ1n) is 11.6. The molecule has 4 aromatic rings. The van der Waals surface area contributed by atoms with Crippen molar-refractivity contribution in [3.05, 3.63) is 84.2 Å². The number of para-hydroxylation sites is 2. The Balaban J connectivity index is 1.38. The third-order valence-corrected chi connectivity index (χ3v) is 6.02. The van der Waals surface area contributed by atoms with Crippen molar-refractivity contribution in [3.63, 3.8) is 0 Å². The number of methoxy groups -OCH3 is 1. The van der Waals surface area contributed by atoms with Crippen molar-refractivity contribution >= 4 is 11.0 Å². The summed E-state index contributed by atoms with van der Waals surface area (Å²) in [5, 5.41) is 0. The highest BCUT2D eigenvalue weighted by Crippen LogP contribution is 2.23. The van der Waals surface area contributed by atoms with Crippen molar-refractivity contribution in [2.45, 2.75) is 45.8 Å². The van der Waals surface area contributed by atoms with Crippen molar-refractivity contribution in [2.75, 3.05) is 13.7 Å². The Morgan fingerprint density at radius 3 is 2.24 bits per heavy atom. The summed E-state index contributed by atoms with van der Waals surface area (Å²) in [6, 6.07) is 24.3. The van der Waals surface area contributed by atoms with Gasteiger partial charge in [0.15, 0.2) is 0 Å². The van der Waals surface area contributed by atoms with Gasteiger partial charge in [-0.05, 0) is 72.9 Å². The second-order valence-corrected chi connectivity index (χ2v) is 8.21. The van der Waals surface area contributed by atoms with E-state index in [0.717, 1.165) is 53.5 Å². The molecule has 172 valence electrons. The fourth-order valence-corrected chi connectivity index (χ4v) is 3.85. The van der Waals surface area contributed by atoms with Crippen LogP contribution in [0.3, 0.4) is 0 Å². The van der Waals surface area contributed by atoms with Gasteiger partial charge in [-0.25, -0.2) is 4.98 Å². The summed E-state index contributed by atoms with van der Waals surface area (Å²) in [6.07, 6.45) is 2.02. The van der Waals surface area contributed by atoms with Gasteiger partial charge in [-0.3, -0.25) is 0 Å². The van der Waals surface area contributed by atoms with Crippen LogP contribution < -0.4 is 14.2 Å². The lowest BCUT2D eigenvalue weighted by atomic mass is 9.99. The van der Waals surface area contributed by atoms with Crippen LogP contribution in [0.5, 0.6) is 17.2 Å². The molecule has 0 radical (unpaired) electrons. The topological polar surface area (TPSA) is 45.5 Å². The first kappa shape index (κ1) is 22.7. The maximum atomic E-state index is 6.01. The van der Waals surface area contributed by atoms with Gasteiger partial charge in [-0.1, -0.05) is 38.1 Å². The van der Waals surface area contributed by atoms with Crippen LogP contribution in [-0.4, -0.2) is 23.3 Å². The average molecular weight is 445 g/mol. The quantitative estimate of drug-likeness (QED) is 0.244. The molecule has 0 bridgehead atoms. The summed E-state index contributed by atoms with van der Waals surface area (Å²) < 4.78 is 19.5. The van der Waals surface area contributed by atoms with Crippen molar-refractivity contribution < 1.29 is 14.2 Å². The van der Waals surface area contributed by atoms with Crippen LogP contribution >= 0.6 is 0 Å². The van der Waals surface area contributed by atoms with Crippen molar-refractivity contribution in [1.29, 1.82) is 0 Å². The Morgan fingerprint density at radius 1 is 0.848 bits per heavy atom. The molecule has 0 aliphatic carbocycles. The molecule has 33 heavy (non-hydrogen) atoms. The molecular weight excluding hydrogens is 412 g/mol. The van der Waals surface area contributed by atoms with E-state index in [1.54, 1.807) is 7.11 Å². The number of fused-ring (bicyclic) bond motifs is 1. The normalized spacial score (nSPS) is 12.0. The van der Waals surface area contributed by atoms with Crippen LogP contribution in [0.1, 0.15) is 44.0 Å². The number of imidazole rings is 1. The number of aryl methyl sites for hydroxylation is 1. The predicted molar refractivity (Wildman–Crippen MR) is 132 cm³/mol. The maximum Gasteiger partial charge on any atom is 0.147 e. The monoisotopic (exact) mass is 444 g/mol. The molecule has 1 heterocycles. The van der Waals surface area contributed by atoms with Gasteiger partial charge in [0, 0.05) is 6.54 Å². The van der Waals surface area contributed by atoms with Gasteiger partial charge in [0.2, 0.25) is 0 Å². The highest BCUT2D eigenvalue weighted by molar-refractivity contribution is 5.75. The Kier molecular flexibility index (Phi) is 7.51. The molecule has 1 aromatic heterocycles. The van der Waals surface area contributed by atoms with Crippen molar-refractivity contribution in [2.24, 2.45) is 0 Å². The third-order valence-electron chi connectivity index (χ3n) is 6.02. The smallest absolute Gasteiger partial charge is 0.147 e. The van der Waals surface area contributed by atoms with Gasteiger partial charge in [0.05, 0.1) is 24.8 Å². The van der Waals surface area contributed by atoms with E-state index in [1.807, 2.05) is 42.5 Å². The molecule has 4 rings (SSSR count). The summed E-state index contributed by atoms with van der Waals surface area (Å²) in [7, 11) is 1.66. The Bertz CT molecular complexity index is 1150. The lowest BCUT2D eigenvalue weighted by Crippen LogP contribution is -2.10. The molecule has 0 saturated heterocycles. The number of rotatable bonds is 11. The summed E-state index contributed by atoms with van der Waals surface area (Å²) in [4.78, 5) is 4.81. The van der Waals surface area contributed by atoms with Gasteiger partial charge in [-0.15, -0.1) is 0 Å². The van der Waals surface area contributed by atoms with Crippen LogP contribution in [-0.2, 0) is 13.2 Å². The van der Waals surface area contributed by atoms with Gasteiger partial charge in [0.1, 0.15) is 29.7 Å². The fourth-order valence-electron chi connectivity index (χ4n) is 3.85. The van der Waals surface area contributed by atoms with E-state index in [0.29, 0.717) is 19.1 Å². The molecule has 0 aliphatic rings. The van der Waals surface area contributed by atoms with Crippen LogP contribution in [0, 0.1) is 0 Å². The fraction of sp³-hybridized carbons (Fsp3) is 0.321. The Morgan fingerprint density at radius 2 is 1.52 bits per heavy atom. The minimum Gasteiger partial charge on any atom is -0.497 e. The minimum atomic E-state index is 0.402. The van der Waals surface area contributed by atoms with Crippen molar-refractivity contribution in [3.8, 4) is 17.2 Å². The first-order valence-corrected chi connectivity index (χ1v) is 11.6. The average Bonchev–Trinajstić information content (AvgIpc) is 3.23. The van der Waals surface area contributed by atoms with Gasteiger partial charge >= 0.3 is 0 Å². The van der Waals surface area contributed by atoms with E-state index >= 15 is 0 Å². The molecule has 5 heteroatoms. The number of aromatic nitrogens is 2. The van der Waals surface area contributed by atoms with E-state index in [1.165, 1.54) is 5.56 Å². The van der Waals surface area contributed by atoms with Crippen LogP contribution in [0.15, 0.2) is 72.8 Å². The SMILES string of the molecule is CCC(C)c1ccc(OCCCn2c(COc3ccc(OC)cc3)nc3ccccc32)cc1. The van der Waals surface area contributed by atoms with Gasteiger partial charge in [0.25, 0.3) is 0 Å². The number of benzene rings is 3. The van der Waals surface area contributed by atoms with Gasteiger partial charge in [-0.2, -0.15) is 0 Å². The second kappa shape index (κ2) is 10.9. The lowest BCUT2D eigenvalue weighted by molar-refractivity contribution is 0.280. The molecule has 0 fully saturated rings. The van der Waals surface area contributed by atoms with Crippen molar-refractivity contribution in [1.82, 2.24) is 9.55 Å². The Hall–Kier alpha value is -3.47. The van der Waals surface area contributed by atoms with Crippen LogP contribution in [0.2, 0.25) is 0 Å². The van der Waals surface area contributed by atoms with Crippen LogP contribution in [0.25, 0.3) is 11.0 Å². The molecule has 0 saturated carbocycles. The zero-order valence-corrected chi connectivity index (χ0v) is 19.7. The summed E-state index contributed by atoms with van der Waals surface area (Å²) in [5.74, 6) is 4.00. The number of nitrogens with zero attached hydrogens (tertiary/aromatic N) is 2. The minimum absolute atomic E-state index is 0.402. The van der Waals surface area contributed by atoms with E-state index in [2.05, 4.69) is 48.7 Å². The molecule has 3 aromatic carbocycles. The van der Waals surface area contributed by atoms with E-state index in [9.17, 15) is 0 Å². The van der Waals surface area contributed by atoms with E-state index in [4.69, 9.17) is 19.2 Å². The highest BCUT2D eigenvalue weighted by Gasteiger charge is 2.11. The highest BCUT2D eigenvalue weighted by atomic mass is 16.5. The number of hydrogen-bond acceptors (Lipinski definition) is 4. The molecular formula is C28H32N2O3. The van der Waals surface area contributed by atoms with Gasteiger partial charge < -0.3 is 18.8 Å². The van der Waals surface area contributed by atoms with E-state index < -0.39 is 0 Å². The van der Waals surface area contributed by atoms with Crippen LogP contribution in [0.4, 0.5) is 0 Å². The summed E-state index contributed by atoms with van der Waals surface area (Å²) in [5.41, 5.74) is 3.45. The second-order valence-electron chi connectivity index (χ2n) is 8.21. The molecule has 0 amide bonds. The molecule has 5 nitrogen and oxygen atoms in total. The maximum absolute atomic E-state index is 6.01.